The van der Waals surface area contributed by atoms with Crippen molar-refractivity contribution < 1.29 is 40.7 Å². The Labute approximate surface area is 325 Å². The van der Waals surface area contributed by atoms with Gasteiger partial charge in [0.15, 0.2) is 0 Å². The molecule has 0 aromatic heterocycles. The van der Waals surface area contributed by atoms with E-state index in [4.69, 9.17) is 0 Å². The number of quaternary nitrogens is 1. The fourth-order valence-corrected chi connectivity index (χ4v) is 10.6. The Morgan fingerprint density at radius 2 is 1.54 bits per heavy atom. The van der Waals surface area contributed by atoms with E-state index in [1.165, 1.54) is 27.3 Å². The van der Waals surface area contributed by atoms with Gasteiger partial charge in [-0.15, -0.1) is 11.8 Å². The van der Waals surface area contributed by atoms with Crippen molar-refractivity contribution in [2.75, 3.05) is 35.2 Å². The molecule has 4 N–H and O–H groups in total. The number of hydrogen-bond donors (Lipinski definition) is 4. The van der Waals surface area contributed by atoms with Crippen molar-refractivity contribution in [3.05, 3.63) is 106 Å². The van der Waals surface area contributed by atoms with E-state index in [-0.39, 0.29) is 34.8 Å². The van der Waals surface area contributed by atoms with Crippen LogP contribution in [-0.4, -0.2) is 73.4 Å². The van der Waals surface area contributed by atoms with Crippen LogP contribution in [0.4, 0.5) is 11.4 Å². The molecule has 1 aliphatic carbocycles. The zero-order chi connectivity index (χ0) is 39.3. The SMILES string of the molecule is CC1(C)C(=CC=C2CCCC(C=CC3[NH+](CCCCS(=O)(=O)O)c4ccccc4C3(C)C)=C2SCCC(=O)O)N(CCCCS(=O)(=O)O)c2ccccc21. The standard InChI is InChI=1S/C41H54N2O8S3/c1-40(2)32-16-5-7-18-34(32)42(25-9-11-28-53(46,47)48)36(40)22-20-30-14-13-15-31(39(30)52-27-24-38(44)45)21-23-37-41(3,4)33-17-6-8-19-35(33)43(37)26-10-12-29-54(49,50)51/h5-8,16-23,36H,9-15,24-29H2,1-4H3,(H,44,45)(H,46,47,48)(H,49,50,51)/p+1. The third kappa shape index (κ3) is 10.2. The molecule has 294 valence electrons. The van der Waals surface area contributed by atoms with Crippen molar-refractivity contribution in [2.45, 2.75) is 95.9 Å². The molecule has 13 heteroatoms. The molecule has 3 aliphatic rings. The molecule has 54 heavy (non-hydrogen) atoms. The monoisotopic (exact) mass is 799 g/mol. The summed E-state index contributed by atoms with van der Waals surface area (Å²) in [5.41, 5.74) is 7.65. The van der Waals surface area contributed by atoms with Gasteiger partial charge in [0.25, 0.3) is 20.2 Å². The number of nitrogens with one attached hydrogen (secondary N) is 1. The predicted octanol–water partition coefficient (Wildman–Crippen LogP) is 7.01. The van der Waals surface area contributed by atoms with Crippen LogP contribution in [0.2, 0.25) is 0 Å². The van der Waals surface area contributed by atoms with E-state index < -0.39 is 26.2 Å². The van der Waals surface area contributed by atoms with Crippen molar-refractivity contribution in [1.29, 1.82) is 0 Å². The Kier molecular flexibility index (Phi) is 13.4. The van der Waals surface area contributed by atoms with Gasteiger partial charge >= 0.3 is 5.97 Å². The summed E-state index contributed by atoms with van der Waals surface area (Å²) in [6.07, 6.45) is 13.5. The van der Waals surface area contributed by atoms with Gasteiger partial charge in [0.05, 0.1) is 29.9 Å². The molecule has 0 amide bonds. The summed E-state index contributed by atoms with van der Waals surface area (Å²) in [7, 11) is -8.05. The van der Waals surface area contributed by atoms with Crippen molar-refractivity contribution in [1.82, 2.24) is 0 Å². The molecule has 2 unspecified atom stereocenters. The number of hydrogen-bond acceptors (Lipinski definition) is 7. The van der Waals surface area contributed by atoms with E-state index in [9.17, 15) is 35.8 Å². The average Bonchev–Trinajstić information content (AvgIpc) is 3.44. The van der Waals surface area contributed by atoms with Crippen LogP contribution >= 0.6 is 11.8 Å². The number of aliphatic carboxylic acids is 1. The first-order valence-electron chi connectivity index (χ1n) is 18.8. The molecule has 0 spiro atoms. The highest BCUT2D eigenvalue weighted by Crippen LogP contribution is 2.48. The Hall–Kier alpha value is -3.20. The van der Waals surface area contributed by atoms with Gasteiger partial charge < -0.3 is 10.0 Å². The quantitative estimate of drug-likeness (QED) is 0.0971. The minimum atomic E-state index is -4.03. The van der Waals surface area contributed by atoms with Crippen LogP contribution in [-0.2, 0) is 35.9 Å². The first kappa shape index (κ1) is 42.0. The van der Waals surface area contributed by atoms with Gasteiger partial charge in [-0.1, -0.05) is 62.4 Å². The fourth-order valence-electron chi connectivity index (χ4n) is 8.32. The number of carboxylic acids is 1. The normalized spacial score (nSPS) is 22.4. The van der Waals surface area contributed by atoms with Crippen LogP contribution < -0.4 is 9.80 Å². The summed E-state index contributed by atoms with van der Waals surface area (Å²) in [6.45, 7) is 10.2. The highest BCUT2D eigenvalue weighted by molar-refractivity contribution is 8.03. The van der Waals surface area contributed by atoms with Gasteiger partial charge in [0.2, 0.25) is 0 Å². The maximum Gasteiger partial charge on any atom is 0.304 e. The average molecular weight is 800 g/mol. The summed E-state index contributed by atoms with van der Waals surface area (Å²) in [6, 6.07) is 16.7. The molecule has 10 nitrogen and oxygen atoms in total. The first-order chi connectivity index (χ1) is 25.4. The van der Waals surface area contributed by atoms with E-state index in [2.05, 4.69) is 87.2 Å². The predicted molar refractivity (Wildman–Crippen MR) is 218 cm³/mol. The largest absolute Gasteiger partial charge is 0.481 e. The van der Waals surface area contributed by atoms with E-state index in [0.29, 0.717) is 44.5 Å². The topological polar surface area (TPSA) is 154 Å². The highest BCUT2D eigenvalue weighted by atomic mass is 32.2. The summed E-state index contributed by atoms with van der Waals surface area (Å²) in [5, 5.41) is 9.51. The van der Waals surface area contributed by atoms with Crippen LogP contribution in [0.15, 0.2) is 94.6 Å². The maximum absolute atomic E-state index is 11.6. The third-order valence-electron chi connectivity index (χ3n) is 11.0. The number of carboxylic acid groups (broad SMARTS) is 1. The highest BCUT2D eigenvalue weighted by Gasteiger charge is 2.47. The number of unbranched alkanes of at least 4 members (excludes halogenated alkanes) is 2. The maximum atomic E-state index is 11.6. The lowest BCUT2D eigenvalue weighted by molar-refractivity contribution is -0.850. The van der Waals surface area contributed by atoms with Gasteiger partial charge in [-0.3, -0.25) is 18.8 Å². The van der Waals surface area contributed by atoms with E-state index >= 15 is 0 Å². The van der Waals surface area contributed by atoms with Crippen LogP contribution in [0.1, 0.15) is 90.2 Å². The van der Waals surface area contributed by atoms with Crippen molar-refractivity contribution in [3.63, 3.8) is 0 Å². The van der Waals surface area contributed by atoms with Crippen molar-refractivity contribution in [2.24, 2.45) is 0 Å². The number of rotatable bonds is 17. The molecule has 0 saturated heterocycles. The molecule has 0 saturated carbocycles. The Balaban J connectivity index is 1.49. The van der Waals surface area contributed by atoms with Gasteiger partial charge in [-0.25, -0.2) is 0 Å². The Morgan fingerprint density at radius 3 is 2.22 bits per heavy atom. The van der Waals surface area contributed by atoms with E-state index in [1.54, 1.807) is 11.8 Å². The van der Waals surface area contributed by atoms with E-state index in [0.717, 1.165) is 41.1 Å². The smallest absolute Gasteiger partial charge is 0.304 e. The summed E-state index contributed by atoms with van der Waals surface area (Å²) >= 11 is 1.59. The molecule has 5 rings (SSSR count). The number of thioether (sulfide) groups is 1. The Morgan fingerprint density at radius 1 is 0.889 bits per heavy atom. The van der Waals surface area contributed by atoms with Crippen LogP contribution in [0, 0.1) is 0 Å². The summed E-state index contributed by atoms with van der Waals surface area (Å²) < 4.78 is 64.2. The molecule has 2 aromatic carbocycles. The molecular weight excluding hydrogens is 745 g/mol. The molecular formula is C41H55N2O8S3+. The van der Waals surface area contributed by atoms with Crippen LogP contribution in [0.25, 0.3) is 0 Å². The molecule has 0 bridgehead atoms. The number of benzene rings is 2. The number of fused-ring (bicyclic) bond motifs is 2. The van der Waals surface area contributed by atoms with Crippen molar-refractivity contribution >= 4 is 49.3 Å². The summed E-state index contributed by atoms with van der Waals surface area (Å²) in [5.74, 6) is -0.920. The molecule has 2 aromatic rings. The second kappa shape index (κ2) is 17.3. The lowest BCUT2D eigenvalue weighted by Crippen LogP contribution is -3.10. The molecule has 2 aliphatic heterocycles. The zero-order valence-electron chi connectivity index (χ0n) is 31.8. The molecule has 2 atom stereocenters. The molecule has 0 radical (unpaired) electrons. The first-order valence-corrected chi connectivity index (χ1v) is 23.0. The zero-order valence-corrected chi connectivity index (χ0v) is 34.2. The summed E-state index contributed by atoms with van der Waals surface area (Å²) in [4.78, 5) is 16.2. The minimum Gasteiger partial charge on any atom is -0.481 e. The molecule has 2 heterocycles. The molecule has 0 fully saturated rings. The third-order valence-corrected chi connectivity index (χ3v) is 13.9. The van der Waals surface area contributed by atoms with Gasteiger partial charge in [0, 0.05) is 39.6 Å². The Bertz CT molecular complexity index is 2050. The number of carbonyl (C=O) groups is 1. The number of nitrogens with zero attached hydrogens (tertiary/aromatic N) is 1. The minimum absolute atomic E-state index is 0.0473. The van der Waals surface area contributed by atoms with Gasteiger partial charge in [-0.05, 0) is 99.8 Å². The second-order valence-electron chi connectivity index (χ2n) is 15.6. The second-order valence-corrected chi connectivity index (χ2v) is 19.9. The van der Waals surface area contributed by atoms with Crippen LogP contribution in [0.3, 0.4) is 0 Å². The lowest BCUT2D eigenvalue weighted by Gasteiger charge is -2.28. The number of allylic oxidation sites excluding steroid dienone is 6. The van der Waals surface area contributed by atoms with Crippen LogP contribution in [0.5, 0.6) is 0 Å². The van der Waals surface area contributed by atoms with Crippen molar-refractivity contribution in [3.8, 4) is 0 Å². The number of para-hydroxylation sites is 2. The van der Waals surface area contributed by atoms with E-state index in [1.807, 2.05) is 18.2 Å². The van der Waals surface area contributed by atoms with Gasteiger partial charge in [0.1, 0.15) is 11.7 Å². The fraction of sp³-hybridized carbons (Fsp3) is 0.488. The lowest BCUT2D eigenvalue weighted by atomic mass is 9.80. The van der Waals surface area contributed by atoms with Gasteiger partial charge in [-0.2, -0.15) is 16.8 Å². The number of anilines is 1.